The highest BCUT2D eigenvalue weighted by molar-refractivity contribution is 5.32. The van der Waals surface area contributed by atoms with E-state index in [0.29, 0.717) is 32.1 Å². The molecule has 16 heavy (non-hydrogen) atoms. The molecule has 0 aromatic rings. The van der Waals surface area contributed by atoms with Gasteiger partial charge in [0.15, 0.2) is 0 Å². The zero-order chi connectivity index (χ0) is 12.4. The molecule has 0 aliphatic carbocycles. The van der Waals surface area contributed by atoms with Crippen molar-refractivity contribution >= 4 is 6.08 Å². The Morgan fingerprint density at radius 3 is 2.00 bits per heavy atom. The minimum Gasteiger partial charge on any atom is -0.393 e. The lowest BCUT2D eigenvalue weighted by Crippen LogP contribution is -2.15. The van der Waals surface area contributed by atoms with Gasteiger partial charge in [-0.3, -0.25) is 0 Å². The molecule has 0 bridgehead atoms. The second-order valence-electron chi connectivity index (χ2n) is 4.07. The maximum atomic E-state index is 9.76. The van der Waals surface area contributed by atoms with Crippen molar-refractivity contribution in [1.82, 2.24) is 0 Å². The first-order valence-corrected chi connectivity index (χ1v) is 5.64. The molecule has 3 N–H and O–H groups in total. The van der Waals surface area contributed by atoms with Crippen LogP contribution < -0.4 is 0 Å². The van der Waals surface area contributed by atoms with Gasteiger partial charge in [0.1, 0.15) is 0 Å². The van der Waals surface area contributed by atoms with Crippen LogP contribution in [-0.4, -0.2) is 46.3 Å². The zero-order valence-corrected chi connectivity index (χ0v) is 9.67. The Kier molecular flexibility index (Phi) is 9.04. The monoisotopic (exact) mass is 231 g/mol. The third-order valence-electron chi connectivity index (χ3n) is 2.39. The van der Waals surface area contributed by atoms with Gasteiger partial charge in [-0.15, -0.1) is 0 Å². The highest BCUT2D eigenvalue weighted by Gasteiger charge is 2.10. The molecule has 0 saturated heterocycles. The van der Waals surface area contributed by atoms with Crippen molar-refractivity contribution in [2.75, 3.05) is 6.54 Å². The molecule has 5 nitrogen and oxygen atoms in total. The average molecular weight is 231 g/mol. The van der Waals surface area contributed by atoms with Gasteiger partial charge in [0, 0.05) is 0 Å². The smallest absolute Gasteiger partial charge is 0.234 e. The predicted molar refractivity (Wildman–Crippen MR) is 59.8 cm³/mol. The first-order chi connectivity index (χ1) is 7.56. The van der Waals surface area contributed by atoms with Gasteiger partial charge in [-0.25, -0.2) is 9.79 Å². The van der Waals surface area contributed by atoms with Crippen molar-refractivity contribution in [2.45, 2.75) is 57.3 Å². The number of hydrogen-bond donors (Lipinski definition) is 3. The van der Waals surface area contributed by atoms with E-state index in [9.17, 15) is 15.0 Å². The summed E-state index contributed by atoms with van der Waals surface area (Å²) in [6.45, 7) is 1.95. The molecular formula is C11H21NO4. The molecule has 0 aromatic heterocycles. The molecule has 0 fully saturated rings. The van der Waals surface area contributed by atoms with Crippen LogP contribution in [0.2, 0.25) is 0 Å². The molecule has 0 rings (SSSR count). The number of rotatable bonds is 9. The first kappa shape index (κ1) is 15.3. The summed E-state index contributed by atoms with van der Waals surface area (Å²) in [5.74, 6) is 0. The summed E-state index contributed by atoms with van der Waals surface area (Å²) in [6, 6.07) is 0. The minimum absolute atomic E-state index is 0.272. The van der Waals surface area contributed by atoms with Crippen molar-refractivity contribution in [3.63, 3.8) is 0 Å². The third-order valence-corrected chi connectivity index (χ3v) is 2.39. The number of hydrogen-bond acceptors (Lipinski definition) is 5. The lowest BCUT2D eigenvalue weighted by atomic mass is 10.0. The molecule has 0 aliphatic rings. The van der Waals surface area contributed by atoms with Crippen LogP contribution in [0.4, 0.5) is 0 Å². The molecule has 0 aromatic carbocycles. The normalized spacial score (nSPS) is 16.2. The number of isocyanates is 1. The Bertz CT molecular complexity index is 214. The van der Waals surface area contributed by atoms with Gasteiger partial charge in [0.2, 0.25) is 6.08 Å². The molecule has 0 spiro atoms. The minimum atomic E-state index is -0.543. The summed E-state index contributed by atoms with van der Waals surface area (Å²) in [5.41, 5.74) is 0. The second-order valence-corrected chi connectivity index (χ2v) is 4.07. The Labute approximate surface area is 95.8 Å². The lowest BCUT2D eigenvalue weighted by Gasteiger charge is -2.14. The highest BCUT2D eigenvalue weighted by atomic mass is 16.3. The Morgan fingerprint density at radius 1 is 1.00 bits per heavy atom. The molecule has 0 aliphatic heterocycles. The highest BCUT2D eigenvalue weighted by Crippen LogP contribution is 2.10. The Morgan fingerprint density at radius 2 is 1.50 bits per heavy atom. The summed E-state index contributed by atoms with van der Waals surface area (Å²) < 4.78 is 0. The van der Waals surface area contributed by atoms with Crippen LogP contribution in [0.25, 0.3) is 0 Å². The summed E-state index contributed by atoms with van der Waals surface area (Å²) in [4.78, 5) is 13.1. The molecule has 0 radical (unpaired) electrons. The predicted octanol–water partition coefficient (Wildman–Crippen LogP) is 0.375. The topological polar surface area (TPSA) is 90.1 Å². The zero-order valence-electron chi connectivity index (χ0n) is 9.67. The van der Waals surface area contributed by atoms with Gasteiger partial charge in [-0.2, -0.15) is 0 Å². The molecule has 94 valence electrons. The Balaban J connectivity index is 3.50. The summed E-state index contributed by atoms with van der Waals surface area (Å²) in [5, 5.41) is 28.0. The fourth-order valence-corrected chi connectivity index (χ4v) is 1.37. The van der Waals surface area contributed by atoms with Gasteiger partial charge in [0.25, 0.3) is 0 Å². The van der Waals surface area contributed by atoms with Crippen molar-refractivity contribution in [3.8, 4) is 0 Å². The van der Waals surface area contributed by atoms with E-state index < -0.39 is 18.3 Å². The van der Waals surface area contributed by atoms with E-state index in [1.165, 1.54) is 6.08 Å². The van der Waals surface area contributed by atoms with Crippen LogP contribution in [0.5, 0.6) is 0 Å². The summed E-state index contributed by atoms with van der Waals surface area (Å²) >= 11 is 0. The second kappa shape index (κ2) is 9.48. The number of carbonyl (C=O) groups excluding carboxylic acids is 1. The molecule has 0 heterocycles. The van der Waals surface area contributed by atoms with Gasteiger partial charge in [-0.05, 0) is 39.0 Å². The van der Waals surface area contributed by atoms with Crippen LogP contribution in [0.3, 0.4) is 0 Å². The number of nitrogens with zero attached hydrogens (tertiary/aromatic N) is 1. The van der Waals surface area contributed by atoms with Crippen LogP contribution in [0.15, 0.2) is 4.99 Å². The van der Waals surface area contributed by atoms with E-state index in [-0.39, 0.29) is 6.54 Å². The van der Waals surface area contributed by atoms with Crippen molar-refractivity contribution < 1.29 is 20.1 Å². The fourth-order valence-electron chi connectivity index (χ4n) is 1.37. The summed E-state index contributed by atoms with van der Waals surface area (Å²) in [7, 11) is 0. The van der Waals surface area contributed by atoms with E-state index in [4.69, 9.17) is 5.11 Å². The largest absolute Gasteiger partial charge is 0.393 e. The molecule has 3 atom stereocenters. The van der Waals surface area contributed by atoms with E-state index in [0.717, 1.165) is 0 Å². The molecule has 3 unspecified atom stereocenters. The lowest BCUT2D eigenvalue weighted by molar-refractivity contribution is 0.0905. The van der Waals surface area contributed by atoms with Crippen LogP contribution in [0, 0.1) is 0 Å². The van der Waals surface area contributed by atoms with E-state index in [1.54, 1.807) is 6.92 Å². The molecule has 0 amide bonds. The average Bonchev–Trinajstić information content (AvgIpc) is 2.24. The maximum absolute atomic E-state index is 9.76. The van der Waals surface area contributed by atoms with Gasteiger partial charge < -0.3 is 15.3 Å². The molecule has 5 heteroatoms. The van der Waals surface area contributed by atoms with Crippen LogP contribution in [0.1, 0.15) is 39.0 Å². The van der Waals surface area contributed by atoms with Gasteiger partial charge in [-0.1, -0.05) is 0 Å². The fraction of sp³-hybridized carbons (Fsp3) is 0.909. The van der Waals surface area contributed by atoms with Gasteiger partial charge in [0.05, 0.1) is 24.9 Å². The van der Waals surface area contributed by atoms with E-state index in [1.807, 2.05) is 0 Å². The third kappa shape index (κ3) is 9.80. The first-order valence-electron chi connectivity index (χ1n) is 5.64. The SMILES string of the molecule is CC(O)CCC(O)CCC(O)CCN=C=O. The van der Waals surface area contributed by atoms with Crippen molar-refractivity contribution in [1.29, 1.82) is 0 Å². The molecular weight excluding hydrogens is 210 g/mol. The van der Waals surface area contributed by atoms with Crippen molar-refractivity contribution in [2.24, 2.45) is 4.99 Å². The van der Waals surface area contributed by atoms with E-state index in [2.05, 4.69) is 4.99 Å². The quantitative estimate of drug-likeness (QED) is 0.395. The number of aliphatic hydroxyl groups excluding tert-OH is 3. The number of aliphatic imine (C=N–C) groups is 1. The van der Waals surface area contributed by atoms with Crippen LogP contribution >= 0.6 is 0 Å². The standard InChI is InChI=1S/C11H21NO4/c1-9(14)2-3-10(15)4-5-11(16)6-7-12-8-13/h9-11,14-16H,2-7H2,1H3. The Hall–Kier alpha value is -0.740. The van der Waals surface area contributed by atoms with E-state index >= 15 is 0 Å². The van der Waals surface area contributed by atoms with Crippen molar-refractivity contribution in [3.05, 3.63) is 0 Å². The maximum Gasteiger partial charge on any atom is 0.234 e. The summed E-state index contributed by atoms with van der Waals surface area (Å²) in [6.07, 6.45) is 2.47. The van der Waals surface area contributed by atoms with Crippen LogP contribution in [-0.2, 0) is 4.79 Å². The molecule has 0 saturated carbocycles. The van der Waals surface area contributed by atoms with Gasteiger partial charge >= 0.3 is 0 Å². The number of aliphatic hydroxyl groups is 3.